The predicted octanol–water partition coefficient (Wildman–Crippen LogP) is 2.18. The van der Waals surface area contributed by atoms with Gasteiger partial charge in [-0.2, -0.15) is 25.2 Å². The van der Waals surface area contributed by atoms with Crippen LogP contribution in [-0.2, 0) is 15.8 Å². The van der Waals surface area contributed by atoms with E-state index in [1.54, 1.807) is 23.9 Å². The molecule has 0 spiro atoms. The van der Waals surface area contributed by atoms with Crippen molar-refractivity contribution in [2.75, 3.05) is 5.75 Å². The summed E-state index contributed by atoms with van der Waals surface area (Å²) in [7, 11) is -3.79. The maximum Gasteiger partial charge on any atom is 0.283 e. The molecule has 6 N–H and O–H groups in total. The molecule has 8 nitrogen and oxygen atoms in total. The highest BCUT2D eigenvalue weighted by Crippen LogP contribution is 2.22. The number of sulfonamides is 1. The van der Waals surface area contributed by atoms with Crippen molar-refractivity contribution in [3.05, 3.63) is 39.8 Å². The fraction of sp³-hybridized carbons (Fsp3) is 0.214. The molecule has 0 fully saturated rings. The Morgan fingerprint density at radius 1 is 1.23 bits per heavy atom. The third-order valence-corrected chi connectivity index (χ3v) is 6.51. The third kappa shape index (κ3) is 6.59. The number of rotatable bonds is 8. The number of nitrogens with zero attached hydrogens (tertiary/aromatic N) is 3. The molecular weight excluding hydrogens is 460 g/mol. The topological polar surface area (TPSA) is 150 Å². The normalized spacial score (nSPS) is 12.1. The summed E-state index contributed by atoms with van der Waals surface area (Å²) in [4.78, 5) is 8.24. The number of aliphatic imine (C=N–C) groups is 1. The summed E-state index contributed by atoms with van der Waals surface area (Å²) in [6.07, 6.45) is 0.352. The van der Waals surface area contributed by atoms with Gasteiger partial charge in [-0.15, -0.1) is 15.7 Å². The SMILES string of the molecule is NC(N)=Nc1nc(CSCC/C(N)=N/S(=O)(=O)c2ccc(Br)cc2)cs1. The first kappa shape index (κ1) is 20.7. The van der Waals surface area contributed by atoms with Crippen molar-refractivity contribution in [1.29, 1.82) is 0 Å². The van der Waals surface area contributed by atoms with E-state index in [0.29, 0.717) is 23.1 Å². The molecule has 2 aromatic rings. The van der Waals surface area contributed by atoms with Crippen LogP contribution >= 0.6 is 39.0 Å². The molecule has 1 aromatic heterocycles. The molecule has 0 unspecified atom stereocenters. The van der Waals surface area contributed by atoms with Crippen LogP contribution in [0.15, 0.2) is 48.4 Å². The molecule has 140 valence electrons. The quantitative estimate of drug-likeness (QED) is 0.300. The average Bonchev–Trinajstić information content (AvgIpc) is 2.98. The van der Waals surface area contributed by atoms with Crippen LogP contribution in [0.4, 0.5) is 5.13 Å². The molecule has 26 heavy (non-hydrogen) atoms. The third-order valence-electron chi connectivity index (χ3n) is 2.87. The summed E-state index contributed by atoms with van der Waals surface area (Å²) in [6, 6.07) is 6.22. The molecule has 2 rings (SSSR count). The fourth-order valence-corrected chi connectivity index (χ4v) is 4.65. The number of aromatic nitrogens is 1. The first-order chi connectivity index (χ1) is 12.3. The van der Waals surface area contributed by atoms with Crippen molar-refractivity contribution >= 4 is 66.0 Å². The number of amidine groups is 1. The van der Waals surface area contributed by atoms with Crippen LogP contribution in [0.1, 0.15) is 12.1 Å². The van der Waals surface area contributed by atoms with E-state index in [9.17, 15) is 8.42 Å². The maximum atomic E-state index is 12.2. The lowest BCUT2D eigenvalue weighted by atomic mass is 10.4. The predicted molar refractivity (Wildman–Crippen MR) is 111 cm³/mol. The van der Waals surface area contributed by atoms with Gasteiger partial charge in [0.2, 0.25) is 5.13 Å². The minimum absolute atomic E-state index is 0.0329. The molecule has 1 heterocycles. The summed E-state index contributed by atoms with van der Waals surface area (Å²) in [5.41, 5.74) is 17.2. The van der Waals surface area contributed by atoms with E-state index in [1.807, 2.05) is 5.38 Å². The Balaban J connectivity index is 1.85. The van der Waals surface area contributed by atoms with Crippen LogP contribution in [0.5, 0.6) is 0 Å². The molecule has 0 bridgehead atoms. The molecule has 0 atom stereocenters. The highest BCUT2D eigenvalue weighted by Gasteiger charge is 2.13. The molecule has 0 aliphatic rings. The Labute approximate surface area is 168 Å². The van der Waals surface area contributed by atoms with Gasteiger partial charge in [-0.05, 0) is 24.3 Å². The van der Waals surface area contributed by atoms with Crippen LogP contribution in [0, 0.1) is 0 Å². The Morgan fingerprint density at radius 2 is 1.92 bits per heavy atom. The standard InChI is InChI=1S/C14H17BrN6O2S3/c15-9-1-3-11(4-2-9)26(22,23)21-12(16)5-6-24-7-10-8-25-14(19-10)20-13(17)18/h1-4,8H,5-7H2,(H2,16,21)(H4,17,18,19,20). The van der Waals surface area contributed by atoms with Crippen molar-refractivity contribution < 1.29 is 8.42 Å². The van der Waals surface area contributed by atoms with Crippen LogP contribution in [0.25, 0.3) is 0 Å². The van der Waals surface area contributed by atoms with Gasteiger partial charge in [0.1, 0.15) is 5.84 Å². The summed E-state index contributed by atoms with van der Waals surface area (Å²) in [5.74, 6) is 1.29. The summed E-state index contributed by atoms with van der Waals surface area (Å²) in [5, 5.41) is 2.37. The van der Waals surface area contributed by atoms with Gasteiger partial charge in [0.05, 0.1) is 10.6 Å². The second-order valence-electron chi connectivity index (χ2n) is 4.97. The van der Waals surface area contributed by atoms with Crippen LogP contribution in [0.3, 0.4) is 0 Å². The average molecular weight is 477 g/mol. The largest absolute Gasteiger partial charge is 0.386 e. The molecule has 0 amide bonds. The fourth-order valence-electron chi connectivity index (χ4n) is 1.74. The minimum atomic E-state index is -3.79. The lowest BCUT2D eigenvalue weighted by Crippen LogP contribution is -2.21. The summed E-state index contributed by atoms with van der Waals surface area (Å²) < 4.78 is 28.8. The molecule has 0 saturated heterocycles. The van der Waals surface area contributed by atoms with Crippen LogP contribution in [0.2, 0.25) is 0 Å². The monoisotopic (exact) mass is 476 g/mol. The number of thiazole rings is 1. The van der Waals surface area contributed by atoms with Gasteiger partial charge < -0.3 is 17.2 Å². The Bertz CT molecular complexity index is 905. The number of guanidine groups is 1. The minimum Gasteiger partial charge on any atom is -0.386 e. The molecule has 0 saturated carbocycles. The van der Waals surface area contributed by atoms with E-state index in [1.165, 1.54) is 23.5 Å². The number of halogens is 1. The zero-order chi connectivity index (χ0) is 19.2. The molecular formula is C14H17BrN6O2S3. The molecule has 0 radical (unpaired) electrons. The van der Waals surface area contributed by atoms with Crippen molar-refractivity contribution in [3.8, 4) is 0 Å². The van der Waals surface area contributed by atoms with E-state index in [0.717, 1.165) is 10.2 Å². The van der Waals surface area contributed by atoms with Gasteiger partial charge >= 0.3 is 0 Å². The maximum absolute atomic E-state index is 12.2. The van der Waals surface area contributed by atoms with E-state index < -0.39 is 10.0 Å². The summed E-state index contributed by atoms with van der Waals surface area (Å²) >= 11 is 6.16. The van der Waals surface area contributed by atoms with Crippen molar-refractivity contribution in [2.45, 2.75) is 17.1 Å². The van der Waals surface area contributed by atoms with Gasteiger partial charge in [0.25, 0.3) is 10.0 Å². The molecule has 0 aliphatic heterocycles. The van der Waals surface area contributed by atoms with Gasteiger partial charge in [0.15, 0.2) is 5.96 Å². The van der Waals surface area contributed by atoms with Crippen LogP contribution < -0.4 is 17.2 Å². The highest BCUT2D eigenvalue weighted by atomic mass is 79.9. The highest BCUT2D eigenvalue weighted by molar-refractivity contribution is 9.10. The van der Waals surface area contributed by atoms with E-state index in [2.05, 4.69) is 30.3 Å². The Hall–Kier alpha value is -1.63. The number of benzene rings is 1. The first-order valence-corrected chi connectivity index (χ1v) is 11.5. The van der Waals surface area contributed by atoms with Gasteiger partial charge in [0, 0.05) is 27.8 Å². The molecule has 0 aliphatic carbocycles. The lowest BCUT2D eigenvalue weighted by molar-refractivity contribution is 0.598. The van der Waals surface area contributed by atoms with E-state index in [-0.39, 0.29) is 16.7 Å². The van der Waals surface area contributed by atoms with Gasteiger partial charge in [-0.3, -0.25) is 0 Å². The molecule has 1 aromatic carbocycles. The van der Waals surface area contributed by atoms with Crippen LogP contribution in [-0.4, -0.2) is 30.9 Å². The molecule has 12 heteroatoms. The first-order valence-electron chi connectivity index (χ1n) is 7.23. The zero-order valence-electron chi connectivity index (χ0n) is 13.5. The lowest BCUT2D eigenvalue weighted by Gasteiger charge is -2.03. The van der Waals surface area contributed by atoms with E-state index in [4.69, 9.17) is 17.2 Å². The van der Waals surface area contributed by atoms with Gasteiger partial charge in [-0.1, -0.05) is 15.9 Å². The number of hydrogen-bond acceptors (Lipinski definition) is 6. The Kier molecular flexibility index (Phi) is 7.43. The second-order valence-corrected chi connectivity index (χ2v) is 9.43. The number of nitrogens with two attached hydrogens (primary N) is 3. The Morgan fingerprint density at radius 3 is 2.58 bits per heavy atom. The van der Waals surface area contributed by atoms with Crippen molar-refractivity contribution in [2.24, 2.45) is 26.6 Å². The number of thioether (sulfide) groups is 1. The summed E-state index contributed by atoms with van der Waals surface area (Å²) in [6.45, 7) is 0. The van der Waals surface area contributed by atoms with Crippen molar-refractivity contribution in [3.63, 3.8) is 0 Å². The second kappa shape index (κ2) is 9.35. The van der Waals surface area contributed by atoms with Gasteiger partial charge in [-0.25, -0.2) is 4.98 Å². The van der Waals surface area contributed by atoms with E-state index >= 15 is 0 Å². The van der Waals surface area contributed by atoms with Crippen molar-refractivity contribution in [1.82, 2.24) is 4.98 Å². The number of hydrogen-bond donors (Lipinski definition) is 3. The smallest absolute Gasteiger partial charge is 0.283 e. The zero-order valence-corrected chi connectivity index (χ0v) is 17.5.